The number of thiophene rings is 1. The smallest absolute Gasteiger partial charge is 0.191 e. The van der Waals surface area contributed by atoms with Crippen molar-refractivity contribution in [3.63, 3.8) is 0 Å². The van der Waals surface area contributed by atoms with Gasteiger partial charge in [-0.25, -0.2) is 0 Å². The fraction of sp³-hybridized carbons (Fsp3) is 0.333. The summed E-state index contributed by atoms with van der Waals surface area (Å²) in [5.41, 5.74) is 2.39. The van der Waals surface area contributed by atoms with Gasteiger partial charge in [0.15, 0.2) is 5.96 Å². The molecule has 5 nitrogen and oxygen atoms in total. The lowest BCUT2D eigenvalue weighted by Crippen LogP contribution is -2.36. The third kappa shape index (κ3) is 4.83. The Morgan fingerprint density at radius 2 is 2.16 bits per heavy atom. The molecule has 0 aromatic carbocycles. The molecule has 0 aliphatic carbocycles. The summed E-state index contributed by atoms with van der Waals surface area (Å²) < 4.78 is 1.85. The topological polar surface area (TPSA) is 54.2 Å². The van der Waals surface area contributed by atoms with E-state index in [2.05, 4.69) is 37.6 Å². The standard InChI is InChI=1S/C12H17N5S.HI/c1-13-12(14-7-10-4-6-18-9-10)15-8-11-3-5-16-17(11)2;/h3-6,9H,7-8H2,1-2H3,(H2,13,14,15);1H. The second-order valence-electron chi connectivity index (χ2n) is 3.86. The highest BCUT2D eigenvalue weighted by Gasteiger charge is 2.01. The summed E-state index contributed by atoms with van der Waals surface area (Å²) in [4.78, 5) is 4.18. The first-order chi connectivity index (χ1) is 8.79. The first-order valence-corrected chi connectivity index (χ1v) is 6.66. The van der Waals surface area contributed by atoms with Crippen LogP contribution in [0.25, 0.3) is 0 Å². The third-order valence-corrected chi connectivity index (χ3v) is 3.36. The quantitative estimate of drug-likeness (QED) is 0.476. The maximum Gasteiger partial charge on any atom is 0.191 e. The summed E-state index contributed by atoms with van der Waals surface area (Å²) in [7, 11) is 3.70. The van der Waals surface area contributed by atoms with E-state index < -0.39 is 0 Å². The SMILES string of the molecule is CN=C(NCc1ccsc1)NCc1ccnn1C.I. The van der Waals surface area contributed by atoms with Crippen molar-refractivity contribution in [1.29, 1.82) is 0 Å². The van der Waals surface area contributed by atoms with Crippen molar-refractivity contribution in [1.82, 2.24) is 20.4 Å². The number of aliphatic imine (C=N–C) groups is 1. The summed E-state index contributed by atoms with van der Waals surface area (Å²) in [5, 5.41) is 14.8. The van der Waals surface area contributed by atoms with Crippen molar-refractivity contribution in [2.45, 2.75) is 13.1 Å². The fourth-order valence-corrected chi connectivity index (χ4v) is 2.22. The molecule has 2 aromatic heterocycles. The molecule has 0 bridgehead atoms. The molecule has 0 saturated carbocycles. The molecule has 0 atom stereocenters. The highest BCUT2D eigenvalue weighted by molar-refractivity contribution is 14.0. The number of hydrogen-bond donors (Lipinski definition) is 2. The summed E-state index contributed by atoms with van der Waals surface area (Å²) in [6.07, 6.45) is 1.79. The first kappa shape index (κ1) is 16.0. The van der Waals surface area contributed by atoms with E-state index in [4.69, 9.17) is 0 Å². The number of aromatic nitrogens is 2. The first-order valence-electron chi connectivity index (χ1n) is 5.72. The number of aryl methyl sites for hydroxylation is 1. The van der Waals surface area contributed by atoms with Crippen LogP contribution < -0.4 is 10.6 Å². The minimum Gasteiger partial charge on any atom is -0.352 e. The summed E-state index contributed by atoms with van der Waals surface area (Å²) in [6.45, 7) is 1.49. The normalized spacial score (nSPS) is 10.9. The minimum absolute atomic E-state index is 0. The minimum atomic E-state index is 0. The average molecular weight is 391 g/mol. The van der Waals surface area contributed by atoms with Gasteiger partial charge in [-0.05, 0) is 28.5 Å². The molecule has 104 valence electrons. The van der Waals surface area contributed by atoms with Crippen LogP contribution in [0.15, 0.2) is 34.1 Å². The van der Waals surface area contributed by atoms with Crippen LogP contribution in [0.1, 0.15) is 11.3 Å². The van der Waals surface area contributed by atoms with Gasteiger partial charge in [-0.15, -0.1) is 24.0 Å². The van der Waals surface area contributed by atoms with Crippen molar-refractivity contribution in [2.75, 3.05) is 7.05 Å². The third-order valence-electron chi connectivity index (χ3n) is 2.62. The fourth-order valence-electron chi connectivity index (χ4n) is 1.55. The van der Waals surface area contributed by atoms with Gasteiger partial charge in [-0.1, -0.05) is 0 Å². The van der Waals surface area contributed by atoms with Gasteiger partial charge in [-0.3, -0.25) is 9.67 Å². The van der Waals surface area contributed by atoms with Gasteiger partial charge in [0.05, 0.1) is 12.2 Å². The molecule has 0 spiro atoms. The van der Waals surface area contributed by atoms with Crippen molar-refractivity contribution in [3.05, 3.63) is 40.3 Å². The number of hydrogen-bond acceptors (Lipinski definition) is 3. The van der Waals surface area contributed by atoms with E-state index >= 15 is 0 Å². The number of nitrogens with zero attached hydrogens (tertiary/aromatic N) is 3. The summed E-state index contributed by atoms with van der Waals surface area (Å²) in [5.74, 6) is 0.794. The molecule has 0 amide bonds. The van der Waals surface area contributed by atoms with Gasteiger partial charge in [0.25, 0.3) is 0 Å². The van der Waals surface area contributed by atoms with Gasteiger partial charge < -0.3 is 10.6 Å². The van der Waals surface area contributed by atoms with Crippen LogP contribution in [0.5, 0.6) is 0 Å². The number of nitrogens with one attached hydrogen (secondary N) is 2. The predicted molar refractivity (Wildman–Crippen MR) is 90.0 cm³/mol. The zero-order chi connectivity index (χ0) is 12.8. The van der Waals surface area contributed by atoms with E-state index in [1.54, 1.807) is 24.6 Å². The van der Waals surface area contributed by atoms with Crippen LogP contribution in [-0.4, -0.2) is 22.8 Å². The molecule has 2 heterocycles. The van der Waals surface area contributed by atoms with Crippen LogP contribution in [0, 0.1) is 0 Å². The average Bonchev–Trinajstić information content (AvgIpc) is 3.01. The molecule has 2 N–H and O–H groups in total. The van der Waals surface area contributed by atoms with Gasteiger partial charge in [0.1, 0.15) is 0 Å². The highest BCUT2D eigenvalue weighted by atomic mass is 127. The lowest BCUT2D eigenvalue weighted by Gasteiger charge is -2.11. The van der Waals surface area contributed by atoms with E-state index in [0.717, 1.165) is 18.2 Å². The van der Waals surface area contributed by atoms with E-state index in [9.17, 15) is 0 Å². The van der Waals surface area contributed by atoms with E-state index in [0.29, 0.717) is 6.54 Å². The Bertz CT molecular complexity index is 506. The lowest BCUT2D eigenvalue weighted by molar-refractivity contribution is 0.684. The zero-order valence-electron chi connectivity index (χ0n) is 11.0. The predicted octanol–water partition coefficient (Wildman–Crippen LogP) is 1.96. The van der Waals surface area contributed by atoms with E-state index in [1.165, 1.54) is 5.56 Å². The monoisotopic (exact) mass is 391 g/mol. The van der Waals surface area contributed by atoms with Crippen LogP contribution >= 0.6 is 35.3 Å². The molecule has 19 heavy (non-hydrogen) atoms. The Morgan fingerprint density at radius 3 is 2.74 bits per heavy atom. The Labute approximate surface area is 134 Å². The molecule has 0 saturated heterocycles. The molecule has 0 aliphatic heterocycles. The zero-order valence-corrected chi connectivity index (χ0v) is 14.1. The van der Waals surface area contributed by atoms with E-state index in [1.807, 2.05) is 17.8 Å². The van der Waals surface area contributed by atoms with Crippen LogP contribution in [0.2, 0.25) is 0 Å². The van der Waals surface area contributed by atoms with Crippen molar-refractivity contribution >= 4 is 41.3 Å². The lowest BCUT2D eigenvalue weighted by atomic mass is 10.3. The molecule has 2 aromatic rings. The van der Waals surface area contributed by atoms with Gasteiger partial charge in [-0.2, -0.15) is 16.4 Å². The maximum absolute atomic E-state index is 4.18. The maximum atomic E-state index is 4.18. The van der Waals surface area contributed by atoms with Crippen molar-refractivity contribution in [2.24, 2.45) is 12.0 Å². The van der Waals surface area contributed by atoms with E-state index in [-0.39, 0.29) is 24.0 Å². The second kappa shape index (κ2) is 8.16. The Morgan fingerprint density at radius 1 is 1.37 bits per heavy atom. The molecule has 0 radical (unpaired) electrons. The molecule has 2 rings (SSSR count). The molecule has 0 aliphatic rings. The highest BCUT2D eigenvalue weighted by Crippen LogP contribution is 2.04. The Kier molecular flexibility index (Phi) is 6.85. The van der Waals surface area contributed by atoms with Crippen LogP contribution in [-0.2, 0) is 20.1 Å². The Hall–Kier alpha value is -1.09. The summed E-state index contributed by atoms with van der Waals surface area (Å²) >= 11 is 1.70. The summed E-state index contributed by atoms with van der Waals surface area (Å²) in [6, 6.07) is 4.09. The van der Waals surface area contributed by atoms with Gasteiger partial charge in [0, 0.05) is 26.8 Å². The second-order valence-corrected chi connectivity index (χ2v) is 4.64. The number of rotatable bonds is 4. The largest absolute Gasteiger partial charge is 0.352 e. The van der Waals surface area contributed by atoms with Crippen molar-refractivity contribution < 1.29 is 0 Å². The molecule has 7 heteroatoms. The Balaban J connectivity index is 0.00000180. The molecule has 0 unspecified atom stereocenters. The number of halogens is 1. The van der Waals surface area contributed by atoms with Gasteiger partial charge in [0.2, 0.25) is 0 Å². The van der Waals surface area contributed by atoms with Crippen LogP contribution in [0.3, 0.4) is 0 Å². The van der Waals surface area contributed by atoms with Crippen molar-refractivity contribution in [3.8, 4) is 0 Å². The van der Waals surface area contributed by atoms with Crippen LogP contribution in [0.4, 0.5) is 0 Å². The molecular weight excluding hydrogens is 373 g/mol. The molecular formula is C12H18IN5S. The number of guanidine groups is 1. The molecule has 0 fully saturated rings. The van der Waals surface area contributed by atoms with Gasteiger partial charge >= 0.3 is 0 Å².